The van der Waals surface area contributed by atoms with Crippen LogP contribution in [0.1, 0.15) is 45.7 Å². The third-order valence-corrected chi connectivity index (χ3v) is 6.30. The minimum absolute atomic E-state index is 0.0137. The van der Waals surface area contributed by atoms with Gasteiger partial charge in [-0.1, -0.05) is 82.3 Å². The molecule has 0 radical (unpaired) electrons. The van der Waals surface area contributed by atoms with Crippen LogP contribution in [0.3, 0.4) is 0 Å². The first-order chi connectivity index (χ1) is 13.9. The lowest BCUT2D eigenvalue weighted by Crippen LogP contribution is -2.25. The molecule has 2 aromatic carbocycles. The molecule has 4 rings (SSSR count). The van der Waals surface area contributed by atoms with Gasteiger partial charge in [0.1, 0.15) is 0 Å². The van der Waals surface area contributed by atoms with Crippen molar-refractivity contribution in [2.45, 2.75) is 45.4 Å². The minimum Gasteiger partial charge on any atom is -0.344 e. The number of rotatable bonds is 4. The average Bonchev–Trinajstić information content (AvgIpc) is 3.09. The lowest BCUT2D eigenvalue weighted by atomic mass is 9.81. The van der Waals surface area contributed by atoms with Crippen LogP contribution in [0.2, 0.25) is 0 Å². The lowest BCUT2D eigenvalue weighted by Gasteiger charge is -2.25. The fraction of sp³-hybridized carbons (Fsp3) is 0.296. The molecule has 0 spiro atoms. The molecule has 0 saturated heterocycles. The van der Waals surface area contributed by atoms with E-state index in [9.17, 15) is 0 Å². The predicted molar refractivity (Wildman–Crippen MR) is 125 cm³/mol. The van der Waals surface area contributed by atoms with Gasteiger partial charge in [0.15, 0.2) is 0 Å². The Kier molecular flexibility index (Phi) is 4.82. The summed E-state index contributed by atoms with van der Waals surface area (Å²) in [5.74, 6) is 0. The molecule has 2 nitrogen and oxygen atoms in total. The fourth-order valence-electron chi connectivity index (χ4n) is 4.59. The highest BCUT2D eigenvalue weighted by atomic mass is 15.2. The molecular formula is C27H30N2. The molecule has 0 atom stereocenters. The van der Waals surface area contributed by atoms with Crippen LogP contribution in [0.5, 0.6) is 0 Å². The molecule has 2 heteroatoms. The largest absolute Gasteiger partial charge is 0.344 e. The summed E-state index contributed by atoms with van der Waals surface area (Å²) in [7, 11) is 0. The lowest BCUT2D eigenvalue weighted by molar-refractivity contribution is 0.634. The summed E-state index contributed by atoms with van der Waals surface area (Å²) in [4.78, 5) is 7.25. The molecule has 0 aliphatic carbocycles. The van der Waals surface area contributed by atoms with Gasteiger partial charge in [0.05, 0.1) is 11.4 Å². The van der Waals surface area contributed by atoms with Gasteiger partial charge in [-0.25, -0.2) is 0 Å². The van der Waals surface area contributed by atoms with Gasteiger partial charge < -0.3 is 4.90 Å². The van der Waals surface area contributed by atoms with E-state index in [1.807, 2.05) is 0 Å². The van der Waals surface area contributed by atoms with Gasteiger partial charge in [0.2, 0.25) is 0 Å². The number of hydrogen-bond acceptors (Lipinski definition) is 2. The zero-order valence-electron chi connectivity index (χ0n) is 18.1. The molecule has 0 unspecified atom stereocenters. The Bertz CT molecular complexity index is 1050. The maximum absolute atomic E-state index is 4.83. The highest BCUT2D eigenvalue weighted by Crippen LogP contribution is 2.47. The van der Waals surface area contributed by atoms with Crippen molar-refractivity contribution in [2.24, 2.45) is 4.99 Å². The van der Waals surface area contributed by atoms with Crippen LogP contribution >= 0.6 is 0 Å². The molecule has 0 amide bonds. The minimum atomic E-state index is -0.0481. The van der Waals surface area contributed by atoms with Crippen LogP contribution in [0.15, 0.2) is 89.6 Å². The topological polar surface area (TPSA) is 15.6 Å². The molecule has 148 valence electrons. The number of benzene rings is 2. The Morgan fingerprint density at radius 1 is 0.828 bits per heavy atom. The van der Waals surface area contributed by atoms with Gasteiger partial charge in [0.25, 0.3) is 0 Å². The second-order valence-electron chi connectivity index (χ2n) is 8.82. The van der Waals surface area contributed by atoms with E-state index >= 15 is 0 Å². The van der Waals surface area contributed by atoms with Crippen LogP contribution in [-0.4, -0.2) is 12.3 Å². The molecule has 2 aliphatic rings. The number of nitrogens with zero attached hydrogens (tertiary/aromatic N) is 2. The van der Waals surface area contributed by atoms with Crippen molar-refractivity contribution >= 4 is 17.1 Å². The maximum Gasteiger partial charge on any atom is 0.0674 e. The van der Waals surface area contributed by atoms with Crippen LogP contribution in [0, 0.1) is 0 Å². The Labute approximate surface area is 175 Å². The van der Waals surface area contributed by atoms with Crippen LogP contribution in [-0.2, 0) is 10.8 Å². The zero-order valence-corrected chi connectivity index (χ0v) is 18.1. The second-order valence-corrected chi connectivity index (χ2v) is 8.82. The van der Waals surface area contributed by atoms with Crippen molar-refractivity contribution in [2.75, 3.05) is 11.4 Å². The summed E-state index contributed by atoms with van der Waals surface area (Å²) in [6.07, 6.45) is 10.8. The number of allylic oxidation sites excluding steroid dienone is 6. The maximum atomic E-state index is 4.83. The number of para-hydroxylation sites is 2. The third kappa shape index (κ3) is 3.17. The second kappa shape index (κ2) is 7.18. The normalized spacial score (nSPS) is 20.5. The highest BCUT2D eigenvalue weighted by molar-refractivity contribution is 6.08. The monoisotopic (exact) mass is 382 g/mol. The first kappa shape index (κ1) is 19.4. The van der Waals surface area contributed by atoms with Gasteiger partial charge >= 0.3 is 0 Å². The first-order valence-corrected chi connectivity index (χ1v) is 10.5. The van der Waals surface area contributed by atoms with Crippen molar-refractivity contribution in [1.82, 2.24) is 0 Å². The molecule has 0 saturated carbocycles. The van der Waals surface area contributed by atoms with Crippen molar-refractivity contribution in [3.63, 3.8) is 0 Å². The van der Waals surface area contributed by atoms with Crippen molar-refractivity contribution < 1.29 is 0 Å². The number of fused-ring (bicyclic) bond motifs is 2. The van der Waals surface area contributed by atoms with Crippen molar-refractivity contribution in [3.8, 4) is 0 Å². The standard InChI is InChI=1S/C27H30N2/c1-6-29-23-17-13-11-15-21(23)27(4,5)25(29)19-9-7-8-18-24-26(2,3)20-14-10-12-16-22(20)28-24/h7-19H,6H2,1-5H3. The summed E-state index contributed by atoms with van der Waals surface area (Å²) < 4.78 is 0. The van der Waals surface area contributed by atoms with Crippen molar-refractivity contribution in [3.05, 3.63) is 95.7 Å². The van der Waals surface area contributed by atoms with Crippen LogP contribution in [0.25, 0.3) is 0 Å². The molecule has 0 fully saturated rings. The Morgan fingerprint density at radius 2 is 1.52 bits per heavy atom. The Morgan fingerprint density at radius 3 is 2.24 bits per heavy atom. The summed E-state index contributed by atoms with van der Waals surface area (Å²) >= 11 is 0. The number of anilines is 1. The van der Waals surface area contributed by atoms with E-state index in [4.69, 9.17) is 4.99 Å². The zero-order chi connectivity index (χ0) is 20.6. The quantitative estimate of drug-likeness (QED) is 0.527. The summed E-state index contributed by atoms with van der Waals surface area (Å²) in [6, 6.07) is 17.2. The number of aliphatic imine (C=N–C) groups is 1. The van der Waals surface area contributed by atoms with E-state index in [0.29, 0.717) is 0 Å². The van der Waals surface area contributed by atoms with Gasteiger partial charge in [-0.15, -0.1) is 0 Å². The highest BCUT2D eigenvalue weighted by Gasteiger charge is 2.38. The summed E-state index contributed by atoms with van der Waals surface area (Å²) in [6.45, 7) is 12.3. The van der Waals surface area contributed by atoms with E-state index in [-0.39, 0.29) is 10.8 Å². The molecule has 2 heterocycles. The molecule has 0 N–H and O–H groups in total. The molecule has 0 aromatic heterocycles. The van der Waals surface area contributed by atoms with E-state index in [0.717, 1.165) is 17.9 Å². The Hall–Kier alpha value is -2.87. The first-order valence-electron chi connectivity index (χ1n) is 10.5. The fourth-order valence-corrected chi connectivity index (χ4v) is 4.59. The van der Waals surface area contributed by atoms with Gasteiger partial charge in [-0.05, 0) is 42.3 Å². The molecular weight excluding hydrogens is 352 g/mol. The SMILES string of the molecule is CCN1C(=CC=CC=CC2=Nc3ccccc3C2(C)C)C(C)(C)c2ccccc21. The molecule has 29 heavy (non-hydrogen) atoms. The summed E-state index contributed by atoms with van der Waals surface area (Å²) in [5, 5.41) is 0. The van der Waals surface area contributed by atoms with E-state index < -0.39 is 0 Å². The van der Waals surface area contributed by atoms with Crippen LogP contribution in [0.4, 0.5) is 11.4 Å². The van der Waals surface area contributed by atoms with E-state index in [1.165, 1.54) is 22.5 Å². The molecule has 2 aromatic rings. The van der Waals surface area contributed by atoms with Gasteiger partial charge in [-0.2, -0.15) is 0 Å². The Balaban J connectivity index is 1.55. The number of hydrogen-bond donors (Lipinski definition) is 0. The predicted octanol–water partition coefficient (Wildman–Crippen LogP) is 6.86. The smallest absolute Gasteiger partial charge is 0.0674 e. The number of likely N-dealkylation sites (N-methyl/N-ethyl adjacent to an activating group) is 1. The van der Waals surface area contributed by atoms with E-state index in [2.05, 4.69) is 118 Å². The molecule has 0 bridgehead atoms. The van der Waals surface area contributed by atoms with Gasteiger partial charge in [-0.3, -0.25) is 4.99 Å². The third-order valence-electron chi connectivity index (χ3n) is 6.30. The molecule has 2 aliphatic heterocycles. The van der Waals surface area contributed by atoms with E-state index in [1.54, 1.807) is 0 Å². The van der Waals surface area contributed by atoms with Gasteiger partial charge in [0, 0.05) is 28.8 Å². The van der Waals surface area contributed by atoms with Crippen LogP contribution < -0.4 is 4.90 Å². The summed E-state index contributed by atoms with van der Waals surface area (Å²) in [5.41, 5.74) is 7.54. The van der Waals surface area contributed by atoms with Crippen molar-refractivity contribution in [1.29, 1.82) is 0 Å². The average molecular weight is 383 g/mol.